The molecule has 1 aromatic carbocycles. The number of imidazole rings is 1. The largest absolute Gasteiger partial charge is 0.478 e. The summed E-state index contributed by atoms with van der Waals surface area (Å²) in [5, 5.41) is 3.36. The van der Waals surface area contributed by atoms with E-state index in [0.717, 1.165) is 28.6 Å². The molecule has 104 valence electrons. The van der Waals surface area contributed by atoms with Gasteiger partial charge in [0.2, 0.25) is 0 Å². The Morgan fingerprint density at radius 1 is 1.05 bits per heavy atom. The van der Waals surface area contributed by atoms with Crippen LogP contribution in [0.5, 0.6) is 5.75 Å². The Kier molecular flexibility index (Phi) is 2.81. The van der Waals surface area contributed by atoms with Crippen molar-refractivity contribution in [1.29, 1.82) is 0 Å². The van der Waals surface area contributed by atoms with Gasteiger partial charge in [0.1, 0.15) is 11.6 Å². The van der Waals surface area contributed by atoms with Crippen LogP contribution in [0.2, 0.25) is 0 Å². The second-order valence-corrected chi connectivity index (χ2v) is 4.88. The fourth-order valence-electron chi connectivity index (χ4n) is 2.42. The van der Waals surface area contributed by atoms with Gasteiger partial charge in [0.25, 0.3) is 0 Å². The molecule has 0 saturated heterocycles. The van der Waals surface area contributed by atoms with Gasteiger partial charge in [-0.2, -0.15) is 0 Å². The normalized spacial score (nSPS) is 16.7. The molecule has 1 aliphatic rings. The molecule has 0 spiro atoms. The van der Waals surface area contributed by atoms with Gasteiger partial charge in [0.15, 0.2) is 6.10 Å². The number of anilines is 1. The Morgan fingerprint density at radius 3 is 2.86 bits per heavy atom. The van der Waals surface area contributed by atoms with Gasteiger partial charge in [-0.15, -0.1) is 0 Å². The number of pyridine rings is 1. The van der Waals surface area contributed by atoms with Crippen molar-refractivity contribution in [2.45, 2.75) is 6.10 Å². The summed E-state index contributed by atoms with van der Waals surface area (Å²) in [4.78, 5) is 12.0. The van der Waals surface area contributed by atoms with Crippen LogP contribution >= 0.6 is 0 Å². The second-order valence-electron chi connectivity index (χ2n) is 4.88. The number of fused-ring (bicyclic) bond motifs is 1. The van der Waals surface area contributed by atoms with E-state index >= 15 is 0 Å². The summed E-state index contributed by atoms with van der Waals surface area (Å²) in [7, 11) is 0. The molecule has 5 heteroatoms. The summed E-state index contributed by atoms with van der Waals surface area (Å²) in [6.45, 7) is 0.687. The van der Waals surface area contributed by atoms with Gasteiger partial charge in [-0.1, -0.05) is 18.2 Å². The first-order chi connectivity index (χ1) is 10.4. The highest BCUT2D eigenvalue weighted by molar-refractivity contribution is 5.58. The topological polar surface area (TPSA) is 62.8 Å². The predicted octanol–water partition coefficient (Wildman–Crippen LogP) is 3.02. The van der Waals surface area contributed by atoms with Gasteiger partial charge in [0.05, 0.1) is 29.8 Å². The Balaban J connectivity index is 1.60. The molecule has 4 rings (SSSR count). The lowest BCUT2D eigenvalue weighted by atomic mass is 10.2. The highest BCUT2D eigenvalue weighted by Gasteiger charge is 2.23. The number of aromatic amines is 1. The van der Waals surface area contributed by atoms with Crippen LogP contribution in [0, 0.1) is 0 Å². The van der Waals surface area contributed by atoms with Crippen LogP contribution in [0.1, 0.15) is 11.9 Å². The number of rotatable bonds is 2. The lowest BCUT2D eigenvalue weighted by molar-refractivity contribution is 0.201. The summed E-state index contributed by atoms with van der Waals surface area (Å²) >= 11 is 0. The predicted molar refractivity (Wildman–Crippen MR) is 80.1 cm³/mol. The van der Waals surface area contributed by atoms with E-state index in [1.807, 2.05) is 42.5 Å². The average Bonchev–Trinajstić information content (AvgIpc) is 3.05. The third kappa shape index (κ3) is 2.23. The molecule has 0 bridgehead atoms. The quantitative estimate of drug-likeness (QED) is 0.756. The number of hydrogen-bond donors (Lipinski definition) is 2. The average molecular weight is 278 g/mol. The molecule has 1 unspecified atom stereocenters. The number of ether oxygens (including phenoxy) is 1. The molecule has 5 nitrogen and oxygen atoms in total. The van der Waals surface area contributed by atoms with Crippen molar-refractivity contribution in [3.63, 3.8) is 0 Å². The van der Waals surface area contributed by atoms with Crippen molar-refractivity contribution in [2.24, 2.45) is 0 Å². The number of aromatic nitrogens is 3. The van der Waals surface area contributed by atoms with Crippen molar-refractivity contribution >= 4 is 5.69 Å². The van der Waals surface area contributed by atoms with Gasteiger partial charge in [-0.25, -0.2) is 4.98 Å². The minimum absolute atomic E-state index is 0.127. The van der Waals surface area contributed by atoms with Gasteiger partial charge in [0, 0.05) is 6.20 Å². The zero-order chi connectivity index (χ0) is 14.1. The fourth-order valence-corrected chi connectivity index (χ4v) is 2.42. The molecule has 0 fully saturated rings. The molecular formula is C16H14N4O. The molecule has 1 atom stereocenters. The van der Waals surface area contributed by atoms with Crippen LogP contribution in [0.4, 0.5) is 5.69 Å². The molecule has 0 radical (unpaired) electrons. The van der Waals surface area contributed by atoms with E-state index in [4.69, 9.17) is 4.74 Å². The molecule has 1 aliphatic heterocycles. The van der Waals surface area contributed by atoms with Crippen LogP contribution in [0.3, 0.4) is 0 Å². The third-order valence-corrected chi connectivity index (χ3v) is 3.48. The summed E-state index contributed by atoms with van der Waals surface area (Å²) < 4.78 is 5.99. The van der Waals surface area contributed by atoms with Crippen molar-refractivity contribution in [1.82, 2.24) is 15.0 Å². The first-order valence-corrected chi connectivity index (χ1v) is 6.86. The maximum absolute atomic E-state index is 5.99. The van der Waals surface area contributed by atoms with Crippen LogP contribution in [-0.2, 0) is 0 Å². The number of para-hydroxylation sites is 2. The van der Waals surface area contributed by atoms with E-state index in [2.05, 4.69) is 20.3 Å². The number of hydrogen-bond acceptors (Lipinski definition) is 4. The molecular weight excluding hydrogens is 264 g/mol. The van der Waals surface area contributed by atoms with Crippen molar-refractivity contribution in [3.05, 3.63) is 60.7 Å². The van der Waals surface area contributed by atoms with Gasteiger partial charge in [-0.3, -0.25) is 4.98 Å². The van der Waals surface area contributed by atoms with Gasteiger partial charge < -0.3 is 15.0 Å². The minimum Gasteiger partial charge on any atom is -0.478 e. The molecule has 3 aromatic rings. The van der Waals surface area contributed by atoms with Crippen LogP contribution in [-0.4, -0.2) is 21.5 Å². The molecule has 2 N–H and O–H groups in total. The number of nitrogens with zero attached hydrogens (tertiary/aromatic N) is 2. The van der Waals surface area contributed by atoms with Crippen molar-refractivity contribution in [2.75, 3.05) is 11.9 Å². The number of nitrogens with one attached hydrogen (secondary N) is 2. The highest BCUT2D eigenvalue weighted by atomic mass is 16.5. The number of H-pyrrole nitrogens is 1. The van der Waals surface area contributed by atoms with Crippen LogP contribution < -0.4 is 10.1 Å². The van der Waals surface area contributed by atoms with E-state index in [1.54, 1.807) is 12.4 Å². The van der Waals surface area contributed by atoms with Gasteiger partial charge >= 0.3 is 0 Å². The first kappa shape index (κ1) is 12.0. The number of benzene rings is 1. The SMILES string of the molecule is c1ccc(-c2cnc(C3CNc4ccccc4O3)[nH]2)nc1. The zero-order valence-corrected chi connectivity index (χ0v) is 11.3. The first-order valence-electron chi connectivity index (χ1n) is 6.86. The lowest BCUT2D eigenvalue weighted by Crippen LogP contribution is -2.24. The van der Waals surface area contributed by atoms with Gasteiger partial charge in [-0.05, 0) is 24.3 Å². The summed E-state index contributed by atoms with van der Waals surface area (Å²) in [6.07, 6.45) is 3.43. The smallest absolute Gasteiger partial charge is 0.173 e. The maximum atomic E-state index is 5.99. The van der Waals surface area contributed by atoms with Crippen molar-refractivity contribution < 1.29 is 4.74 Å². The second kappa shape index (κ2) is 4.94. The summed E-state index contributed by atoms with van der Waals surface area (Å²) in [5.74, 6) is 1.65. The van der Waals surface area contributed by atoms with E-state index in [-0.39, 0.29) is 6.10 Å². The van der Waals surface area contributed by atoms with E-state index in [0.29, 0.717) is 6.54 Å². The Bertz CT molecular complexity index is 754. The molecule has 0 amide bonds. The van der Waals surface area contributed by atoms with Crippen molar-refractivity contribution in [3.8, 4) is 17.1 Å². The van der Waals surface area contributed by atoms with E-state index < -0.39 is 0 Å². The van der Waals surface area contributed by atoms with E-state index in [1.165, 1.54) is 0 Å². The van der Waals surface area contributed by atoms with Crippen LogP contribution in [0.15, 0.2) is 54.9 Å². The summed E-state index contributed by atoms with van der Waals surface area (Å²) in [6, 6.07) is 13.7. The minimum atomic E-state index is -0.127. The standard InChI is InChI=1S/C16H14N4O/c1-2-7-14-12(6-1)18-10-15(21-14)16-19-9-13(20-16)11-5-3-4-8-17-11/h1-9,15,18H,10H2,(H,19,20). The zero-order valence-electron chi connectivity index (χ0n) is 11.3. The Morgan fingerprint density at radius 2 is 1.95 bits per heavy atom. The molecule has 0 aliphatic carbocycles. The summed E-state index contributed by atoms with van der Waals surface area (Å²) in [5.41, 5.74) is 2.79. The molecule has 2 aromatic heterocycles. The van der Waals surface area contributed by atoms with E-state index in [9.17, 15) is 0 Å². The van der Waals surface area contributed by atoms with Crippen LogP contribution in [0.25, 0.3) is 11.4 Å². The maximum Gasteiger partial charge on any atom is 0.173 e. The molecule has 21 heavy (non-hydrogen) atoms. The monoisotopic (exact) mass is 278 g/mol. The molecule has 0 saturated carbocycles. The lowest BCUT2D eigenvalue weighted by Gasteiger charge is -2.25. The molecule has 3 heterocycles. The highest BCUT2D eigenvalue weighted by Crippen LogP contribution is 2.33. The Hall–Kier alpha value is -2.82. The Labute approximate surface area is 122 Å². The fraction of sp³-hybridized carbons (Fsp3) is 0.125. The third-order valence-electron chi connectivity index (χ3n) is 3.48.